The molecule has 2 amide bonds. The number of hydrogen-bond donors (Lipinski definition) is 0. The number of piperazine rings is 1. The molecule has 5 nitrogen and oxygen atoms in total. The summed E-state index contributed by atoms with van der Waals surface area (Å²) in [5.74, 6) is 0.285. The van der Waals surface area contributed by atoms with Gasteiger partial charge in [-0.15, -0.1) is 11.3 Å². The van der Waals surface area contributed by atoms with Crippen molar-refractivity contribution >= 4 is 34.8 Å². The van der Waals surface area contributed by atoms with E-state index in [1.165, 1.54) is 4.88 Å². The molecular weight excluding hydrogens is 394 g/mol. The Bertz CT molecular complexity index is 861. The van der Waals surface area contributed by atoms with Crippen LogP contribution >= 0.6 is 22.9 Å². The quantitative estimate of drug-likeness (QED) is 0.748. The highest BCUT2D eigenvalue weighted by atomic mass is 35.5. The lowest BCUT2D eigenvalue weighted by Crippen LogP contribution is -2.48. The molecule has 3 heterocycles. The minimum absolute atomic E-state index is 0.0772. The molecule has 0 bridgehead atoms. The highest BCUT2D eigenvalue weighted by molar-refractivity contribution is 7.16. The second kappa shape index (κ2) is 8.64. The minimum atomic E-state index is 0.0772. The van der Waals surface area contributed by atoms with Crippen LogP contribution in [0, 0.1) is 0 Å². The highest BCUT2D eigenvalue weighted by Crippen LogP contribution is 2.23. The summed E-state index contributed by atoms with van der Waals surface area (Å²) in [5, 5.41) is 0. The fourth-order valence-electron chi connectivity index (χ4n) is 3.84. The van der Waals surface area contributed by atoms with Crippen LogP contribution in [0.1, 0.15) is 33.6 Å². The second-order valence-electron chi connectivity index (χ2n) is 7.39. The number of likely N-dealkylation sites (tertiary alicyclic amines) is 1. The van der Waals surface area contributed by atoms with E-state index in [0.29, 0.717) is 18.5 Å². The zero-order valence-corrected chi connectivity index (χ0v) is 17.3. The summed E-state index contributed by atoms with van der Waals surface area (Å²) >= 11 is 7.63. The SMILES string of the molecule is O=C1CCCN1Cc1cccc(C(=O)N2CCN(Cc3ccc(Cl)s3)CC2)c1. The van der Waals surface area contributed by atoms with Crippen molar-refractivity contribution < 1.29 is 9.59 Å². The van der Waals surface area contributed by atoms with Gasteiger partial charge in [-0.3, -0.25) is 14.5 Å². The molecule has 0 atom stereocenters. The fourth-order valence-corrected chi connectivity index (χ4v) is 4.97. The Balaban J connectivity index is 1.33. The van der Waals surface area contributed by atoms with E-state index in [1.54, 1.807) is 11.3 Å². The molecule has 2 aliphatic rings. The van der Waals surface area contributed by atoms with Crippen molar-refractivity contribution in [3.8, 4) is 0 Å². The van der Waals surface area contributed by atoms with Crippen LogP contribution in [0.2, 0.25) is 4.34 Å². The molecule has 0 radical (unpaired) electrons. The first-order chi connectivity index (χ1) is 13.6. The van der Waals surface area contributed by atoms with Crippen molar-refractivity contribution in [2.24, 2.45) is 0 Å². The summed E-state index contributed by atoms with van der Waals surface area (Å²) in [5.41, 5.74) is 1.73. The average Bonchev–Trinajstić information content (AvgIpc) is 3.30. The lowest BCUT2D eigenvalue weighted by molar-refractivity contribution is -0.128. The summed E-state index contributed by atoms with van der Waals surface area (Å²) in [6.45, 7) is 5.48. The van der Waals surface area contributed by atoms with Crippen molar-refractivity contribution in [3.63, 3.8) is 0 Å². The van der Waals surface area contributed by atoms with Gasteiger partial charge in [0.1, 0.15) is 0 Å². The van der Waals surface area contributed by atoms with Crippen LogP contribution in [0.15, 0.2) is 36.4 Å². The van der Waals surface area contributed by atoms with E-state index in [0.717, 1.165) is 55.6 Å². The van der Waals surface area contributed by atoms with Gasteiger partial charge in [-0.2, -0.15) is 0 Å². The molecule has 1 aromatic heterocycles. The third kappa shape index (κ3) is 4.57. The van der Waals surface area contributed by atoms with Gasteiger partial charge in [0.05, 0.1) is 4.34 Å². The van der Waals surface area contributed by atoms with Crippen LogP contribution < -0.4 is 0 Å². The van der Waals surface area contributed by atoms with E-state index in [2.05, 4.69) is 11.0 Å². The third-order valence-corrected chi connectivity index (χ3v) is 6.60. The van der Waals surface area contributed by atoms with E-state index in [-0.39, 0.29) is 11.8 Å². The Labute approximate surface area is 174 Å². The molecule has 0 spiro atoms. The molecule has 0 aliphatic carbocycles. The maximum Gasteiger partial charge on any atom is 0.253 e. The summed E-state index contributed by atoms with van der Waals surface area (Å²) in [6, 6.07) is 11.7. The number of rotatable bonds is 5. The maximum atomic E-state index is 12.9. The van der Waals surface area contributed by atoms with Crippen LogP contribution in [0.25, 0.3) is 0 Å². The van der Waals surface area contributed by atoms with Crippen LogP contribution in [-0.4, -0.2) is 59.2 Å². The van der Waals surface area contributed by atoms with Crippen LogP contribution in [0.3, 0.4) is 0 Å². The van der Waals surface area contributed by atoms with Crippen molar-refractivity contribution in [1.29, 1.82) is 0 Å². The Kier molecular flexibility index (Phi) is 5.99. The summed E-state index contributed by atoms with van der Waals surface area (Å²) in [7, 11) is 0. The zero-order chi connectivity index (χ0) is 19.5. The van der Waals surface area contributed by atoms with Gasteiger partial charge in [-0.05, 0) is 36.2 Å². The van der Waals surface area contributed by atoms with E-state index in [9.17, 15) is 9.59 Å². The topological polar surface area (TPSA) is 43.9 Å². The number of carbonyl (C=O) groups is 2. The average molecular weight is 418 g/mol. The molecular formula is C21H24ClN3O2S. The van der Waals surface area contributed by atoms with Gasteiger partial charge in [-0.25, -0.2) is 0 Å². The molecule has 28 heavy (non-hydrogen) atoms. The molecule has 2 saturated heterocycles. The molecule has 2 aliphatic heterocycles. The molecule has 0 saturated carbocycles. The summed E-state index contributed by atoms with van der Waals surface area (Å²) < 4.78 is 0.819. The smallest absolute Gasteiger partial charge is 0.253 e. The van der Waals surface area contributed by atoms with E-state index in [1.807, 2.05) is 40.1 Å². The molecule has 0 N–H and O–H groups in total. The molecule has 7 heteroatoms. The van der Waals surface area contributed by atoms with E-state index >= 15 is 0 Å². The lowest BCUT2D eigenvalue weighted by Gasteiger charge is -2.34. The molecule has 2 aromatic rings. The van der Waals surface area contributed by atoms with Gasteiger partial charge < -0.3 is 9.80 Å². The third-order valence-electron chi connectivity index (χ3n) is 5.39. The second-order valence-corrected chi connectivity index (χ2v) is 9.19. The number of amides is 2. The van der Waals surface area contributed by atoms with Gasteiger partial charge in [-0.1, -0.05) is 23.7 Å². The summed E-state index contributed by atoms with van der Waals surface area (Å²) in [4.78, 5) is 32.2. The van der Waals surface area contributed by atoms with Crippen molar-refractivity contribution in [3.05, 3.63) is 56.7 Å². The van der Waals surface area contributed by atoms with Crippen LogP contribution in [0.4, 0.5) is 0 Å². The molecule has 0 unspecified atom stereocenters. The fraction of sp³-hybridized carbons (Fsp3) is 0.429. The first-order valence-electron chi connectivity index (χ1n) is 9.71. The number of nitrogens with zero attached hydrogens (tertiary/aromatic N) is 3. The Morgan fingerprint density at radius 3 is 2.54 bits per heavy atom. The first kappa shape index (κ1) is 19.4. The van der Waals surface area contributed by atoms with Gasteiger partial charge in [0.15, 0.2) is 0 Å². The molecule has 4 rings (SSSR count). The monoisotopic (exact) mass is 417 g/mol. The molecule has 148 valence electrons. The zero-order valence-electron chi connectivity index (χ0n) is 15.8. The standard InChI is InChI=1S/C21H24ClN3O2S/c22-19-7-6-18(28-19)15-23-9-11-24(12-10-23)21(27)17-4-1-3-16(13-17)14-25-8-2-5-20(25)26/h1,3-4,6-7,13H,2,5,8-12,14-15H2. The number of benzene rings is 1. The molecule has 1 aromatic carbocycles. The number of halogens is 1. The van der Waals surface area contributed by atoms with E-state index in [4.69, 9.17) is 11.6 Å². The lowest BCUT2D eigenvalue weighted by atomic mass is 10.1. The number of carbonyl (C=O) groups excluding carboxylic acids is 2. The molecule has 2 fully saturated rings. The van der Waals surface area contributed by atoms with Crippen molar-refractivity contribution in [2.45, 2.75) is 25.9 Å². The van der Waals surface area contributed by atoms with Gasteiger partial charge in [0.25, 0.3) is 5.91 Å². The summed E-state index contributed by atoms with van der Waals surface area (Å²) in [6.07, 6.45) is 1.57. The normalized spacial score (nSPS) is 18.1. The number of hydrogen-bond acceptors (Lipinski definition) is 4. The van der Waals surface area contributed by atoms with Gasteiger partial charge in [0, 0.05) is 62.7 Å². The van der Waals surface area contributed by atoms with Crippen LogP contribution in [0.5, 0.6) is 0 Å². The Hall–Kier alpha value is -1.89. The van der Waals surface area contributed by atoms with Crippen molar-refractivity contribution in [2.75, 3.05) is 32.7 Å². The first-order valence-corrected chi connectivity index (χ1v) is 10.9. The van der Waals surface area contributed by atoms with Crippen LogP contribution in [-0.2, 0) is 17.9 Å². The highest BCUT2D eigenvalue weighted by Gasteiger charge is 2.24. The van der Waals surface area contributed by atoms with Gasteiger partial charge >= 0.3 is 0 Å². The predicted molar refractivity (Wildman–Crippen MR) is 112 cm³/mol. The minimum Gasteiger partial charge on any atom is -0.338 e. The van der Waals surface area contributed by atoms with E-state index < -0.39 is 0 Å². The predicted octanol–water partition coefficient (Wildman–Crippen LogP) is 3.48. The largest absolute Gasteiger partial charge is 0.338 e. The van der Waals surface area contributed by atoms with Gasteiger partial charge in [0.2, 0.25) is 5.91 Å². The Morgan fingerprint density at radius 1 is 1.04 bits per heavy atom. The Morgan fingerprint density at radius 2 is 1.86 bits per heavy atom. The number of thiophene rings is 1. The van der Waals surface area contributed by atoms with Crippen molar-refractivity contribution in [1.82, 2.24) is 14.7 Å². The maximum absolute atomic E-state index is 12.9.